The number of aryl methyl sites for hydroxylation is 1. The smallest absolute Gasteiger partial charge is 0.147 e. The van der Waals surface area contributed by atoms with E-state index in [-0.39, 0.29) is 5.41 Å². The van der Waals surface area contributed by atoms with E-state index < -0.39 is 0 Å². The van der Waals surface area contributed by atoms with E-state index >= 15 is 0 Å². The van der Waals surface area contributed by atoms with Gasteiger partial charge in [0.15, 0.2) is 0 Å². The van der Waals surface area contributed by atoms with E-state index in [0.29, 0.717) is 15.8 Å². The van der Waals surface area contributed by atoms with Gasteiger partial charge in [0.05, 0.1) is 5.02 Å². The molecule has 106 valence electrons. The highest BCUT2D eigenvalue weighted by atomic mass is 35.5. The molecule has 3 heteroatoms. The number of benzene rings is 2. The van der Waals surface area contributed by atoms with Crippen LogP contribution in [-0.4, -0.2) is 0 Å². The molecule has 2 aromatic rings. The summed E-state index contributed by atoms with van der Waals surface area (Å²) >= 11 is 12.2. The minimum absolute atomic E-state index is 0.128. The zero-order valence-corrected chi connectivity index (χ0v) is 13.6. The van der Waals surface area contributed by atoms with Gasteiger partial charge in [-0.05, 0) is 47.7 Å². The standard InChI is InChI=1S/C17H18Cl2O/c1-11-9-14(18)16(19)15(10-11)20-13-7-5-12(6-8-13)17(2,3)4/h5-10H,1-4H3. The lowest BCUT2D eigenvalue weighted by Crippen LogP contribution is -2.10. The van der Waals surface area contributed by atoms with E-state index in [0.717, 1.165) is 11.3 Å². The summed E-state index contributed by atoms with van der Waals surface area (Å²) in [4.78, 5) is 0. The molecule has 0 aliphatic rings. The van der Waals surface area contributed by atoms with Crippen LogP contribution in [0, 0.1) is 6.92 Å². The fourth-order valence-electron chi connectivity index (χ4n) is 1.92. The second-order valence-corrected chi connectivity index (χ2v) is 6.72. The first kappa shape index (κ1) is 15.2. The van der Waals surface area contributed by atoms with Gasteiger partial charge in [-0.2, -0.15) is 0 Å². The van der Waals surface area contributed by atoms with Gasteiger partial charge < -0.3 is 4.74 Å². The highest BCUT2D eigenvalue weighted by Gasteiger charge is 2.14. The Morgan fingerprint density at radius 3 is 2.10 bits per heavy atom. The van der Waals surface area contributed by atoms with Gasteiger partial charge in [-0.15, -0.1) is 0 Å². The Morgan fingerprint density at radius 1 is 0.950 bits per heavy atom. The monoisotopic (exact) mass is 308 g/mol. The van der Waals surface area contributed by atoms with Gasteiger partial charge in [-0.1, -0.05) is 56.1 Å². The fraction of sp³-hybridized carbons (Fsp3) is 0.294. The number of rotatable bonds is 2. The van der Waals surface area contributed by atoms with E-state index in [1.165, 1.54) is 5.56 Å². The predicted octanol–water partition coefficient (Wildman–Crippen LogP) is 6.39. The van der Waals surface area contributed by atoms with Crippen molar-refractivity contribution in [3.8, 4) is 11.5 Å². The average Bonchev–Trinajstić information content (AvgIpc) is 2.35. The molecule has 0 unspecified atom stereocenters. The number of ether oxygens (including phenoxy) is 1. The zero-order valence-electron chi connectivity index (χ0n) is 12.1. The lowest BCUT2D eigenvalue weighted by Gasteiger charge is -2.19. The van der Waals surface area contributed by atoms with Crippen LogP contribution in [0.15, 0.2) is 36.4 Å². The lowest BCUT2D eigenvalue weighted by atomic mass is 9.87. The number of halogens is 2. The van der Waals surface area contributed by atoms with Crippen LogP contribution in [-0.2, 0) is 5.41 Å². The molecule has 0 atom stereocenters. The quantitative estimate of drug-likeness (QED) is 0.624. The number of hydrogen-bond acceptors (Lipinski definition) is 1. The molecule has 0 bridgehead atoms. The third-order valence-corrected chi connectivity index (χ3v) is 3.87. The van der Waals surface area contributed by atoms with E-state index in [4.69, 9.17) is 27.9 Å². The molecule has 0 N–H and O–H groups in total. The SMILES string of the molecule is Cc1cc(Cl)c(Cl)c(Oc2ccc(C(C)(C)C)cc2)c1. The first-order valence-electron chi connectivity index (χ1n) is 6.51. The first-order valence-corrected chi connectivity index (χ1v) is 7.27. The van der Waals surface area contributed by atoms with E-state index in [2.05, 4.69) is 32.9 Å². The van der Waals surface area contributed by atoms with Crippen LogP contribution in [0.3, 0.4) is 0 Å². The van der Waals surface area contributed by atoms with E-state index in [1.54, 1.807) is 0 Å². The van der Waals surface area contributed by atoms with E-state index in [1.807, 2.05) is 31.2 Å². The normalized spacial score (nSPS) is 11.5. The molecule has 0 heterocycles. The van der Waals surface area contributed by atoms with Crippen molar-refractivity contribution in [2.45, 2.75) is 33.1 Å². The van der Waals surface area contributed by atoms with Gasteiger partial charge in [0.2, 0.25) is 0 Å². The summed E-state index contributed by atoms with van der Waals surface area (Å²) in [5.41, 5.74) is 2.40. The molecule has 0 fully saturated rings. The van der Waals surface area contributed by atoms with Crippen molar-refractivity contribution in [2.75, 3.05) is 0 Å². The Kier molecular flexibility index (Phi) is 4.31. The Bertz CT molecular complexity index is 610. The maximum absolute atomic E-state index is 6.16. The second kappa shape index (κ2) is 5.67. The molecule has 0 saturated heterocycles. The summed E-state index contributed by atoms with van der Waals surface area (Å²) in [6.07, 6.45) is 0. The molecule has 0 radical (unpaired) electrons. The summed E-state index contributed by atoms with van der Waals surface area (Å²) in [7, 11) is 0. The summed E-state index contributed by atoms with van der Waals surface area (Å²) in [5.74, 6) is 1.33. The van der Waals surface area contributed by atoms with Gasteiger partial charge in [-0.3, -0.25) is 0 Å². The van der Waals surface area contributed by atoms with Crippen LogP contribution in [0.25, 0.3) is 0 Å². The Balaban J connectivity index is 2.27. The number of hydrogen-bond donors (Lipinski definition) is 0. The molecule has 2 aromatic carbocycles. The Hall–Kier alpha value is -1.18. The van der Waals surface area contributed by atoms with Gasteiger partial charge in [0, 0.05) is 0 Å². The molecule has 0 aliphatic heterocycles. The van der Waals surface area contributed by atoms with Crippen molar-refractivity contribution < 1.29 is 4.74 Å². The van der Waals surface area contributed by atoms with Crippen LogP contribution < -0.4 is 4.74 Å². The molecule has 0 aliphatic carbocycles. The lowest BCUT2D eigenvalue weighted by molar-refractivity contribution is 0.481. The van der Waals surface area contributed by atoms with Crippen LogP contribution in [0.2, 0.25) is 10.0 Å². The molecule has 2 rings (SSSR count). The van der Waals surface area contributed by atoms with Crippen molar-refractivity contribution in [1.82, 2.24) is 0 Å². The third kappa shape index (κ3) is 3.47. The van der Waals surface area contributed by atoms with Crippen molar-refractivity contribution in [2.24, 2.45) is 0 Å². The third-order valence-electron chi connectivity index (χ3n) is 3.09. The minimum atomic E-state index is 0.128. The summed E-state index contributed by atoms with van der Waals surface area (Å²) in [6.45, 7) is 8.50. The molecular formula is C17H18Cl2O. The van der Waals surface area contributed by atoms with Gasteiger partial charge in [-0.25, -0.2) is 0 Å². The summed E-state index contributed by atoms with van der Waals surface area (Å²) in [6, 6.07) is 11.7. The molecule has 0 aromatic heterocycles. The first-order chi connectivity index (χ1) is 9.27. The molecule has 0 amide bonds. The summed E-state index contributed by atoms with van der Waals surface area (Å²) < 4.78 is 5.82. The highest BCUT2D eigenvalue weighted by Crippen LogP contribution is 2.36. The maximum Gasteiger partial charge on any atom is 0.147 e. The molecule has 0 saturated carbocycles. The topological polar surface area (TPSA) is 9.23 Å². The highest BCUT2D eigenvalue weighted by molar-refractivity contribution is 6.43. The second-order valence-electron chi connectivity index (χ2n) is 5.94. The van der Waals surface area contributed by atoms with Crippen LogP contribution in [0.1, 0.15) is 31.9 Å². The molecule has 1 nitrogen and oxygen atoms in total. The van der Waals surface area contributed by atoms with Crippen LogP contribution in [0.5, 0.6) is 11.5 Å². The fourth-order valence-corrected chi connectivity index (χ4v) is 2.33. The average molecular weight is 309 g/mol. The van der Waals surface area contributed by atoms with Gasteiger partial charge in [0.1, 0.15) is 16.5 Å². The largest absolute Gasteiger partial charge is 0.456 e. The van der Waals surface area contributed by atoms with Crippen molar-refractivity contribution in [3.05, 3.63) is 57.6 Å². The summed E-state index contributed by atoms with van der Waals surface area (Å²) in [5, 5.41) is 0.949. The Labute approximate surface area is 130 Å². The van der Waals surface area contributed by atoms with Crippen molar-refractivity contribution in [1.29, 1.82) is 0 Å². The van der Waals surface area contributed by atoms with Crippen LogP contribution >= 0.6 is 23.2 Å². The van der Waals surface area contributed by atoms with Gasteiger partial charge in [0.25, 0.3) is 0 Å². The van der Waals surface area contributed by atoms with Crippen molar-refractivity contribution in [3.63, 3.8) is 0 Å². The molecular weight excluding hydrogens is 291 g/mol. The molecule has 20 heavy (non-hydrogen) atoms. The molecule has 0 spiro atoms. The maximum atomic E-state index is 6.16. The van der Waals surface area contributed by atoms with Crippen molar-refractivity contribution >= 4 is 23.2 Å². The van der Waals surface area contributed by atoms with Crippen LogP contribution in [0.4, 0.5) is 0 Å². The minimum Gasteiger partial charge on any atom is -0.456 e. The van der Waals surface area contributed by atoms with E-state index in [9.17, 15) is 0 Å². The Morgan fingerprint density at radius 2 is 1.55 bits per heavy atom. The predicted molar refractivity (Wildman–Crippen MR) is 86.4 cm³/mol. The zero-order chi connectivity index (χ0) is 14.9. The van der Waals surface area contributed by atoms with Gasteiger partial charge >= 0.3 is 0 Å².